The number of hydrogen-bond donors (Lipinski definition) is 1. The highest BCUT2D eigenvalue weighted by atomic mass is 19.3. The Kier molecular flexibility index (Phi) is 4.98. The second-order valence-electron chi connectivity index (χ2n) is 4.48. The smallest absolute Gasteiger partial charge is 0.387 e. The summed E-state index contributed by atoms with van der Waals surface area (Å²) in [7, 11) is 1.58. The number of ether oxygens (including phenoxy) is 2. The number of rotatable bonds is 6. The van der Waals surface area contributed by atoms with Crippen molar-refractivity contribution >= 4 is 5.69 Å². The molecule has 1 atom stereocenters. The first-order valence-electron chi connectivity index (χ1n) is 6.55. The van der Waals surface area contributed by atoms with Gasteiger partial charge in [0.2, 0.25) is 0 Å². The SMILES string of the molecule is COc1ccccc1NC(C)c1ccccc1OC(F)F. The first-order chi connectivity index (χ1) is 10.1. The van der Waals surface area contributed by atoms with Gasteiger partial charge < -0.3 is 14.8 Å². The fourth-order valence-electron chi connectivity index (χ4n) is 2.12. The Morgan fingerprint density at radius 2 is 1.57 bits per heavy atom. The molecule has 0 aliphatic carbocycles. The number of halogens is 2. The first-order valence-corrected chi connectivity index (χ1v) is 6.55. The average Bonchev–Trinajstić information content (AvgIpc) is 2.47. The number of benzene rings is 2. The van der Waals surface area contributed by atoms with Crippen LogP contribution in [0.4, 0.5) is 14.5 Å². The summed E-state index contributed by atoms with van der Waals surface area (Å²) in [5.41, 5.74) is 1.45. The van der Waals surface area contributed by atoms with E-state index < -0.39 is 6.61 Å². The minimum absolute atomic E-state index is 0.169. The maximum atomic E-state index is 12.4. The second kappa shape index (κ2) is 6.92. The molecule has 3 nitrogen and oxygen atoms in total. The van der Waals surface area contributed by atoms with Gasteiger partial charge >= 0.3 is 6.61 Å². The lowest BCUT2D eigenvalue weighted by atomic mass is 10.1. The third-order valence-electron chi connectivity index (χ3n) is 3.08. The van der Waals surface area contributed by atoms with Crippen molar-refractivity contribution < 1.29 is 18.3 Å². The summed E-state index contributed by atoms with van der Waals surface area (Å²) in [6.07, 6.45) is 0. The van der Waals surface area contributed by atoms with Crippen molar-refractivity contribution in [3.05, 3.63) is 54.1 Å². The Morgan fingerprint density at radius 3 is 2.24 bits per heavy atom. The lowest BCUT2D eigenvalue weighted by molar-refractivity contribution is -0.0505. The topological polar surface area (TPSA) is 30.5 Å². The van der Waals surface area contributed by atoms with Crippen LogP contribution in [0, 0.1) is 0 Å². The average molecular weight is 293 g/mol. The van der Waals surface area contributed by atoms with Gasteiger partial charge in [-0.1, -0.05) is 30.3 Å². The normalized spacial score (nSPS) is 12.0. The molecular weight excluding hydrogens is 276 g/mol. The molecule has 0 aromatic heterocycles. The fourth-order valence-corrected chi connectivity index (χ4v) is 2.12. The summed E-state index contributed by atoms with van der Waals surface area (Å²) >= 11 is 0. The summed E-state index contributed by atoms with van der Waals surface area (Å²) in [4.78, 5) is 0. The van der Waals surface area contributed by atoms with Crippen LogP contribution in [0.5, 0.6) is 11.5 Å². The Balaban J connectivity index is 2.22. The lowest BCUT2D eigenvalue weighted by Crippen LogP contribution is -2.11. The van der Waals surface area contributed by atoms with Gasteiger partial charge in [0.1, 0.15) is 11.5 Å². The van der Waals surface area contributed by atoms with Gasteiger partial charge in [-0.25, -0.2) is 0 Å². The molecule has 0 bridgehead atoms. The van der Waals surface area contributed by atoms with Gasteiger partial charge in [-0.15, -0.1) is 0 Å². The lowest BCUT2D eigenvalue weighted by Gasteiger charge is -2.20. The zero-order valence-electron chi connectivity index (χ0n) is 11.8. The van der Waals surface area contributed by atoms with E-state index in [4.69, 9.17) is 4.74 Å². The molecule has 0 amide bonds. The molecule has 0 radical (unpaired) electrons. The van der Waals surface area contributed by atoms with E-state index in [-0.39, 0.29) is 11.8 Å². The van der Waals surface area contributed by atoms with E-state index in [0.717, 1.165) is 5.69 Å². The van der Waals surface area contributed by atoms with Crippen molar-refractivity contribution in [3.8, 4) is 11.5 Å². The maximum Gasteiger partial charge on any atom is 0.387 e. The Labute approximate surface area is 122 Å². The quantitative estimate of drug-likeness (QED) is 0.852. The zero-order valence-corrected chi connectivity index (χ0v) is 11.8. The molecule has 2 aromatic rings. The molecule has 1 unspecified atom stereocenters. The Bertz CT molecular complexity index is 590. The van der Waals surface area contributed by atoms with Gasteiger partial charge in [0.15, 0.2) is 0 Å². The van der Waals surface area contributed by atoms with Crippen LogP contribution >= 0.6 is 0 Å². The van der Waals surface area contributed by atoms with Crippen molar-refractivity contribution in [1.29, 1.82) is 0 Å². The van der Waals surface area contributed by atoms with E-state index in [1.807, 2.05) is 31.2 Å². The van der Waals surface area contributed by atoms with E-state index in [1.165, 1.54) is 6.07 Å². The molecule has 112 valence electrons. The molecule has 0 fully saturated rings. The summed E-state index contributed by atoms with van der Waals surface area (Å²) in [6.45, 7) is -0.968. The van der Waals surface area contributed by atoms with E-state index >= 15 is 0 Å². The van der Waals surface area contributed by atoms with Gasteiger partial charge in [-0.3, -0.25) is 0 Å². The monoisotopic (exact) mass is 293 g/mol. The van der Waals surface area contributed by atoms with Crippen molar-refractivity contribution in [1.82, 2.24) is 0 Å². The minimum atomic E-state index is -2.84. The molecule has 0 aliphatic heterocycles. The van der Waals surface area contributed by atoms with Gasteiger partial charge in [0.25, 0.3) is 0 Å². The van der Waals surface area contributed by atoms with Crippen LogP contribution in [-0.4, -0.2) is 13.7 Å². The fraction of sp³-hybridized carbons (Fsp3) is 0.250. The predicted octanol–water partition coefficient (Wildman–Crippen LogP) is 4.47. The van der Waals surface area contributed by atoms with Crippen LogP contribution in [-0.2, 0) is 0 Å². The molecule has 0 aliphatic rings. The largest absolute Gasteiger partial charge is 0.495 e. The van der Waals surface area contributed by atoms with Gasteiger partial charge in [-0.2, -0.15) is 8.78 Å². The van der Waals surface area contributed by atoms with E-state index in [2.05, 4.69) is 10.1 Å². The van der Waals surface area contributed by atoms with E-state index in [9.17, 15) is 8.78 Å². The standard InChI is InChI=1S/C16H17F2NO2/c1-11(19-13-8-4-6-10-15(13)20-2)12-7-3-5-9-14(12)21-16(17)18/h3-11,16,19H,1-2H3. The van der Waals surface area contributed by atoms with Crippen LogP contribution < -0.4 is 14.8 Å². The van der Waals surface area contributed by atoms with Crippen LogP contribution in [0.25, 0.3) is 0 Å². The van der Waals surface area contributed by atoms with E-state index in [1.54, 1.807) is 25.3 Å². The molecule has 0 spiro atoms. The van der Waals surface area contributed by atoms with E-state index in [0.29, 0.717) is 11.3 Å². The number of hydrogen-bond acceptors (Lipinski definition) is 3. The molecule has 2 rings (SSSR count). The van der Waals surface area contributed by atoms with Crippen molar-refractivity contribution in [2.75, 3.05) is 12.4 Å². The van der Waals surface area contributed by atoms with Crippen LogP contribution in [0.15, 0.2) is 48.5 Å². The Hall–Kier alpha value is -2.30. The Morgan fingerprint density at radius 1 is 0.952 bits per heavy atom. The minimum Gasteiger partial charge on any atom is -0.495 e. The molecule has 5 heteroatoms. The zero-order chi connectivity index (χ0) is 15.2. The number of nitrogens with one attached hydrogen (secondary N) is 1. The highest BCUT2D eigenvalue weighted by molar-refractivity contribution is 5.57. The number of anilines is 1. The highest BCUT2D eigenvalue weighted by Gasteiger charge is 2.15. The molecule has 0 saturated carbocycles. The molecule has 0 saturated heterocycles. The van der Waals surface area contributed by atoms with Crippen molar-refractivity contribution in [2.45, 2.75) is 19.6 Å². The highest BCUT2D eigenvalue weighted by Crippen LogP contribution is 2.32. The molecule has 0 heterocycles. The first kappa shape index (κ1) is 15.1. The summed E-state index contributed by atoms with van der Waals surface area (Å²) in [6, 6.07) is 14.0. The second-order valence-corrected chi connectivity index (χ2v) is 4.48. The molecule has 1 N–H and O–H groups in total. The van der Waals surface area contributed by atoms with Crippen molar-refractivity contribution in [2.24, 2.45) is 0 Å². The third-order valence-corrected chi connectivity index (χ3v) is 3.08. The van der Waals surface area contributed by atoms with Gasteiger partial charge in [0.05, 0.1) is 18.8 Å². The molecular formula is C16H17F2NO2. The summed E-state index contributed by atoms with van der Waals surface area (Å²) in [5, 5.41) is 3.24. The molecule has 21 heavy (non-hydrogen) atoms. The third kappa shape index (κ3) is 3.84. The molecule has 2 aromatic carbocycles. The van der Waals surface area contributed by atoms with Crippen molar-refractivity contribution in [3.63, 3.8) is 0 Å². The predicted molar refractivity (Wildman–Crippen MR) is 78.1 cm³/mol. The van der Waals surface area contributed by atoms with Crippen LogP contribution in [0.1, 0.15) is 18.5 Å². The van der Waals surface area contributed by atoms with Crippen LogP contribution in [0.2, 0.25) is 0 Å². The number of para-hydroxylation sites is 3. The van der Waals surface area contributed by atoms with Crippen LogP contribution in [0.3, 0.4) is 0 Å². The summed E-state index contributed by atoms with van der Waals surface area (Å²) in [5.74, 6) is 0.860. The number of methoxy groups -OCH3 is 1. The number of alkyl halides is 2. The van der Waals surface area contributed by atoms with Gasteiger partial charge in [-0.05, 0) is 25.1 Å². The van der Waals surface area contributed by atoms with Gasteiger partial charge in [0, 0.05) is 5.56 Å². The summed E-state index contributed by atoms with van der Waals surface area (Å²) < 4.78 is 34.7. The maximum absolute atomic E-state index is 12.4.